The second kappa shape index (κ2) is 18.0. The Hall–Kier alpha value is -2.38. The van der Waals surface area contributed by atoms with Gasteiger partial charge < -0.3 is 19.0 Å². The van der Waals surface area contributed by atoms with Gasteiger partial charge in [-0.05, 0) is 51.4 Å². The molecule has 1 saturated heterocycles. The highest BCUT2D eigenvalue weighted by molar-refractivity contribution is 6.74. The summed E-state index contributed by atoms with van der Waals surface area (Å²) < 4.78 is 50.9. The summed E-state index contributed by atoms with van der Waals surface area (Å²) in [5.74, 6) is -8.39. The summed E-state index contributed by atoms with van der Waals surface area (Å²) in [6, 6.07) is 1.19. The molecule has 48 heavy (non-hydrogen) atoms. The molecule has 0 spiro atoms. The molecule has 13 heteroatoms. The second-order valence-electron chi connectivity index (χ2n) is 15.7. The Bertz CT molecular complexity index is 1230. The van der Waals surface area contributed by atoms with Crippen molar-refractivity contribution < 1.29 is 37.4 Å². The predicted octanol–water partition coefficient (Wildman–Crippen LogP) is 9.16. The molecule has 10 nitrogen and oxygen atoms in total. The van der Waals surface area contributed by atoms with Crippen molar-refractivity contribution in [3.8, 4) is 0 Å². The molecular formula is C35H61F2N3O7Si. The van der Waals surface area contributed by atoms with Gasteiger partial charge in [-0.15, -0.1) is 0 Å². The lowest BCUT2D eigenvalue weighted by Crippen LogP contribution is -2.47. The Morgan fingerprint density at radius 2 is 1.56 bits per heavy atom. The number of aromatic nitrogens is 2. The van der Waals surface area contributed by atoms with Crippen LogP contribution in [0, 0.1) is 11.8 Å². The lowest BCUT2D eigenvalue weighted by Gasteiger charge is -2.37. The van der Waals surface area contributed by atoms with E-state index < -0.39 is 61.8 Å². The number of carboxylic acid groups (broad SMARTS) is 1. The number of carbonyl (C=O) groups excluding carboxylic acids is 1. The summed E-state index contributed by atoms with van der Waals surface area (Å²) in [6.07, 6.45) is 8.62. The summed E-state index contributed by atoms with van der Waals surface area (Å²) in [7, 11) is -2.43. The molecule has 0 radical (unpaired) electrons. The van der Waals surface area contributed by atoms with Crippen LogP contribution in [0.25, 0.3) is 0 Å². The van der Waals surface area contributed by atoms with Crippen LogP contribution < -0.4 is 11.0 Å². The highest BCUT2D eigenvalue weighted by atomic mass is 28.4. The van der Waals surface area contributed by atoms with Crippen LogP contribution in [0.1, 0.15) is 132 Å². The first-order valence-corrected chi connectivity index (χ1v) is 20.6. The predicted molar refractivity (Wildman–Crippen MR) is 186 cm³/mol. The van der Waals surface area contributed by atoms with Gasteiger partial charge in [-0.2, -0.15) is 4.98 Å². The molecule has 1 aliphatic rings. The maximum atomic E-state index is 16.5. The Balaban J connectivity index is 2.23. The van der Waals surface area contributed by atoms with E-state index in [4.69, 9.17) is 13.9 Å². The number of hydrogen-bond acceptors (Lipinski definition) is 7. The molecule has 2 unspecified atom stereocenters. The Labute approximate surface area is 286 Å². The number of anilines is 1. The zero-order valence-corrected chi connectivity index (χ0v) is 31.7. The Morgan fingerprint density at radius 1 is 1.02 bits per heavy atom. The third-order valence-corrected chi connectivity index (χ3v) is 14.0. The van der Waals surface area contributed by atoms with Crippen molar-refractivity contribution in [2.45, 2.75) is 168 Å². The van der Waals surface area contributed by atoms with Gasteiger partial charge in [-0.3, -0.25) is 14.7 Å². The van der Waals surface area contributed by atoms with Crippen molar-refractivity contribution >= 4 is 26.2 Å². The van der Waals surface area contributed by atoms with Crippen LogP contribution in [0.3, 0.4) is 0 Å². The van der Waals surface area contributed by atoms with E-state index in [-0.39, 0.29) is 23.9 Å². The third-order valence-electron chi connectivity index (χ3n) is 9.47. The number of carboxylic acids is 1. The van der Waals surface area contributed by atoms with Crippen molar-refractivity contribution in [3.63, 3.8) is 0 Å². The number of alkyl halides is 2. The molecule has 4 atom stereocenters. The minimum Gasteiger partial charge on any atom is -0.481 e. The fraction of sp³-hybridized carbons (Fsp3) is 0.829. The third kappa shape index (κ3) is 12.5. The number of ether oxygens (including phenoxy) is 2. The zero-order valence-electron chi connectivity index (χ0n) is 30.7. The van der Waals surface area contributed by atoms with Gasteiger partial charge in [0.25, 0.3) is 5.92 Å². The van der Waals surface area contributed by atoms with E-state index in [1.165, 1.54) is 44.6 Å². The van der Waals surface area contributed by atoms with E-state index in [0.29, 0.717) is 11.0 Å². The SMILES string of the molecule is CCCCCCCCCCCCCC(C(=O)O)[C@@H]1C(CO[Si](C)(C)C(C)(C)C)O[C@@H](n2ccc(NC(=O)OC(C)(C)C)nc2=O)C1(F)F. The number of nitrogens with zero attached hydrogens (tertiary/aromatic N) is 2. The maximum absolute atomic E-state index is 16.5. The van der Waals surface area contributed by atoms with Crippen molar-refractivity contribution in [2.24, 2.45) is 11.8 Å². The zero-order chi connectivity index (χ0) is 36.3. The smallest absolute Gasteiger partial charge is 0.413 e. The Kier molecular flexibility index (Phi) is 15.7. The number of rotatable bonds is 19. The molecule has 1 aromatic rings. The lowest BCUT2D eigenvalue weighted by atomic mass is 9.80. The number of amides is 1. The fourth-order valence-electron chi connectivity index (χ4n) is 5.74. The number of hydrogen-bond donors (Lipinski definition) is 2. The van der Waals surface area contributed by atoms with Gasteiger partial charge in [0.15, 0.2) is 8.32 Å². The molecular weight excluding hydrogens is 640 g/mol. The Morgan fingerprint density at radius 3 is 2.04 bits per heavy atom. The largest absolute Gasteiger partial charge is 0.481 e. The molecule has 0 aromatic carbocycles. The molecule has 2 rings (SSSR count). The van der Waals surface area contributed by atoms with E-state index in [2.05, 4.69) is 17.2 Å². The molecule has 2 heterocycles. The van der Waals surface area contributed by atoms with Gasteiger partial charge in [0.2, 0.25) is 6.23 Å². The van der Waals surface area contributed by atoms with Crippen molar-refractivity contribution in [2.75, 3.05) is 11.9 Å². The number of carbonyl (C=O) groups is 2. The molecule has 0 aliphatic carbocycles. The van der Waals surface area contributed by atoms with Crippen LogP contribution in [0.2, 0.25) is 18.1 Å². The first-order valence-electron chi connectivity index (χ1n) is 17.7. The summed E-state index contributed by atoms with van der Waals surface area (Å²) in [4.78, 5) is 41.5. The van der Waals surface area contributed by atoms with Crippen LogP contribution in [-0.4, -0.2) is 59.3 Å². The highest BCUT2D eigenvalue weighted by Gasteiger charge is 2.63. The van der Waals surface area contributed by atoms with Crippen LogP contribution >= 0.6 is 0 Å². The van der Waals surface area contributed by atoms with Crippen LogP contribution in [0.5, 0.6) is 0 Å². The van der Waals surface area contributed by atoms with Gasteiger partial charge >= 0.3 is 17.8 Å². The van der Waals surface area contributed by atoms with Crippen molar-refractivity contribution in [1.29, 1.82) is 0 Å². The normalized spacial score (nSPS) is 20.4. The molecule has 276 valence electrons. The van der Waals surface area contributed by atoms with Gasteiger partial charge in [0, 0.05) is 6.20 Å². The highest BCUT2D eigenvalue weighted by Crippen LogP contribution is 2.51. The summed E-state index contributed by atoms with van der Waals surface area (Å²) in [6.45, 7) is 17.0. The molecule has 1 fully saturated rings. The quantitative estimate of drug-likeness (QED) is 0.108. The van der Waals surface area contributed by atoms with E-state index in [1.54, 1.807) is 20.8 Å². The lowest BCUT2D eigenvalue weighted by molar-refractivity contribution is -0.156. The number of halogens is 2. The molecule has 2 N–H and O–H groups in total. The fourth-order valence-corrected chi connectivity index (χ4v) is 6.75. The standard InChI is InChI=1S/C35H61F2N3O7Si/c1-10-11-12-13-14-15-16-17-18-19-20-21-25(29(41)42)28-26(24-45-48(8,9)34(5,6)7)46-30(35(28,36)37)40-23-22-27(38-31(40)43)39-32(44)47-33(2,3)4/h22-23,25-26,28,30H,10-21,24H2,1-9H3,(H,41,42)(H,38,39,43,44)/t25?,26?,28-,30-/m1/s1. The molecule has 1 amide bonds. The van der Waals surface area contributed by atoms with Gasteiger partial charge in [0.1, 0.15) is 11.4 Å². The topological polar surface area (TPSA) is 129 Å². The average Bonchev–Trinajstić information content (AvgIpc) is 3.20. The second-order valence-corrected chi connectivity index (χ2v) is 20.5. The maximum Gasteiger partial charge on any atom is 0.413 e. The average molecular weight is 702 g/mol. The van der Waals surface area contributed by atoms with Gasteiger partial charge in [0.05, 0.1) is 24.5 Å². The van der Waals surface area contributed by atoms with E-state index in [1.807, 2.05) is 33.9 Å². The van der Waals surface area contributed by atoms with E-state index >= 15 is 8.78 Å². The van der Waals surface area contributed by atoms with Crippen LogP contribution in [0.15, 0.2) is 17.1 Å². The molecule has 0 saturated carbocycles. The van der Waals surface area contributed by atoms with Crippen molar-refractivity contribution in [3.05, 3.63) is 22.7 Å². The minimum atomic E-state index is -3.74. The summed E-state index contributed by atoms with van der Waals surface area (Å²) >= 11 is 0. The monoisotopic (exact) mass is 701 g/mol. The first-order chi connectivity index (χ1) is 22.2. The minimum absolute atomic E-state index is 0.0607. The van der Waals surface area contributed by atoms with Crippen molar-refractivity contribution in [1.82, 2.24) is 9.55 Å². The van der Waals surface area contributed by atoms with Gasteiger partial charge in [-0.1, -0.05) is 98.3 Å². The molecule has 0 bridgehead atoms. The van der Waals surface area contributed by atoms with E-state index in [0.717, 1.165) is 31.9 Å². The number of aliphatic carboxylic acids is 1. The molecule has 1 aromatic heterocycles. The van der Waals surface area contributed by atoms with Gasteiger partial charge in [-0.25, -0.2) is 18.4 Å². The van der Waals surface area contributed by atoms with Crippen LogP contribution in [0.4, 0.5) is 19.4 Å². The summed E-state index contributed by atoms with van der Waals surface area (Å²) in [5.41, 5.74) is -1.89. The number of nitrogens with one attached hydrogen (secondary N) is 1. The van der Waals surface area contributed by atoms with E-state index in [9.17, 15) is 19.5 Å². The van der Waals surface area contributed by atoms with Crippen LogP contribution in [-0.2, 0) is 18.7 Å². The summed E-state index contributed by atoms with van der Waals surface area (Å²) in [5, 5.41) is 12.4. The number of unbranched alkanes of at least 4 members (excludes halogenated alkanes) is 10. The molecule has 1 aliphatic heterocycles. The first kappa shape index (κ1) is 41.8.